The van der Waals surface area contributed by atoms with Gasteiger partial charge in [0.15, 0.2) is 0 Å². The molecule has 28 heavy (non-hydrogen) atoms. The number of ether oxygens (including phenoxy) is 2. The highest BCUT2D eigenvalue weighted by atomic mass is 35.5. The normalized spacial score (nSPS) is 15.2. The van der Waals surface area contributed by atoms with Gasteiger partial charge in [0, 0.05) is 23.8 Å². The first-order valence-corrected chi connectivity index (χ1v) is 10.5. The molecule has 0 bridgehead atoms. The van der Waals surface area contributed by atoms with Crippen molar-refractivity contribution in [1.29, 1.82) is 0 Å². The maximum Gasteiger partial charge on any atom is 0.246 e. The molecule has 150 valence electrons. The summed E-state index contributed by atoms with van der Waals surface area (Å²) in [6.07, 6.45) is 0.123. The molecule has 0 atom stereocenters. The zero-order valence-corrected chi connectivity index (χ0v) is 16.9. The first-order chi connectivity index (χ1) is 13.4. The predicted molar refractivity (Wildman–Crippen MR) is 106 cm³/mol. The molecule has 2 aromatic carbocycles. The quantitative estimate of drug-likeness (QED) is 0.770. The number of anilines is 1. The summed E-state index contributed by atoms with van der Waals surface area (Å²) >= 11 is 5.94. The number of nitrogens with one attached hydrogen (secondary N) is 1. The fraction of sp³-hybridized carbons (Fsp3) is 0.316. The summed E-state index contributed by atoms with van der Waals surface area (Å²) < 4.78 is 37.8. The molecule has 1 saturated heterocycles. The van der Waals surface area contributed by atoms with Gasteiger partial charge in [-0.25, -0.2) is 8.42 Å². The molecule has 1 amide bonds. The Bertz CT molecular complexity index is 959. The van der Waals surface area contributed by atoms with Crippen LogP contribution in [0.3, 0.4) is 0 Å². The van der Waals surface area contributed by atoms with Crippen LogP contribution in [0, 0.1) is 0 Å². The summed E-state index contributed by atoms with van der Waals surface area (Å²) in [5.74, 6) is -0.0542. The lowest BCUT2D eigenvalue weighted by molar-refractivity contribution is -0.115. The van der Waals surface area contributed by atoms with Crippen molar-refractivity contribution < 1.29 is 22.7 Å². The van der Waals surface area contributed by atoms with Crippen molar-refractivity contribution in [2.24, 2.45) is 0 Å². The molecule has 0 radical (unpaired) electrons. The van der Waals surface area contributed by atoms with E-state index in [2.05, 4.69) is 5.32 Å². The van der Waals surface area contributed by atoms with Crippen molar-refractivity contribution in [2.75, 3.05) is 38.7 Å². The van der Waals surface area contributed by atoms with E-state index in [-0.39, 0.29) is 36.1 Å². The largest absolute Gasteiger partial charge is 0.495 e. The average molecular weight is 425 g/mol. The number of sulfonamides is 1. The first-order valence-electron chi connectivity index (χ1n) is 8.70. The van der Waals surface area contributed by atoms with E-state index in [1.165, 1.54) is 23.5 Å². The molecule has 0 aliphatic carbocycles. The third kappa shape index (κ3) is 4.82. The van der Waals surface area contributed by atoms with Crippen LogP contribution in [0.5, 0.6) is 5.75 Å². The highest BCUT2D eigenvalue weighted by Crippen LogP contribution is 2.30. The second kappa shape index (κ2) is 8.91. The molecule has 9 heteroatoms. The monoisotopic (exact) mass is 424 g/mol. The Morgan fingerprint density at radius 3 is 2.64 bits per heavy atom. The Kier molecular flexibility index (Phi) is 6.56. The van der Waals surface area contributed by atoms with Gasteiger partial charge in [-0.2, -0.15) is 4.31 Å². The summed E-state index contributed by atoms with van der Waals surface area (Å²) in [7, 11) is -2.36. The molecule has 0 unspecified atom stereocenters. The number of halogens is 1. The van der Waals surface area contributed by atoms with E-state index >= 15 is 0 Å². The topological polar surface area (TPSA) is 84.9 Å². The number of carbonyl (C=O) groups excluding carboxylic acids is 1. The maximum absolute atomic E-state index is 13.0. The smallest absolute Gasteiger partial charge is 0.246 e. The molecule has 7 nitrogen and oxygen atoms in total. The van der Waals surface area contributed by atoms with Crippen molar-refractivity contribution in [3.8, 4) is 5.75 Å². The Balaban J connectivity index is 1.81. The lowest BCUT2D eigenvalue weighted by Crippen LogP contribution is -2.40. The van der Waals surface area contributed by atoms with E-state index in [0.29, 0.717) is 23.9 Å². The second-order valence-corrected chi connectivity index (χ2v) is 8.58. The van der Waals surface area contributed by atoms with Crippen LogP contribution in [0.15, 0.2) is 47.4 Å². The van der Waals surface area contributed by atoms with Crippen LogP contribution < -0.4 is 10.1 Å². The fourth-order valence-electron chi connectivity index (χ4n) is 2.92. The van der Waals surface area contributed by atoms with E-state index in [4.69, 9.17) is 21.1 Å². The molecule has 2 aromatic rings. The summed E-state index contributed by atoms with van der Waals surface area (Å²) in [6.45, 7) is 1.24. The Morgan fingerprint density at radius 1 is 1.21 bits per heavy atom. The number of amides is 1. The van der Waals surface area contributed by atoms with Crippen LogP contribution in [0.2, 0.25) is 5.02 Å². The van der Waals surface area contributed by atoms with Gasteiger partial charge in [0.05, 0.1) is 26.7 Å². The van der Waals surface area contributed by atoms with Gasteiger partial charge in [0.2, 0.25) is 15.9 Å². The molecule has 0 aromatic heterocycles. The molecule has 1 heterocycles. The number of benzene rings is 2. The number of nitrogens with zero attached hydrogens (tertiary/aromatic N) is 1. The summed E-state index contributed by atoms with van der Waals surface area (Å²) in [6, 6.07) is 11.6. The molecule has 0 spiro atoms. The van der Waals surface area contributed by atoms with Crippen molar-refractivity contribution in [3.05, 3.63) is 53.1 Å². The molecule has 1 N–H and O–H groups in total. The van der Waals surface area contributed by atoms with Crippen LogP contribution in [-0.2, 0) is 26.0 Å². The third-order valence-corrected chi connectivity index (χ3v) is 6.44. The Labute approximate surface area is 169 Å². The van der Waals surface area contributed by atoms with E-state index < -0.39 is 10.0 Å². The summed E-state index contributed by atoms with van der Waals surface area (Å²) in [5.41, 5.74) is 1.14. The molecular weight excluding hydrogens is 404 g/mol. The number of morpholine rings is 1. The Hall–Kier alpha value is -2.13. The number of carbonyl (C=O) groups is 1. The zero-order valence-electron chi connectivity index (χ0n) is 15.4. The van der Waals surface area contributed by atoms with E-state index in [1.807, 2.05) is 0 Å². The summed E-state index contributed by atoms with van der Waals surface area (Å²) in [5, 5.41) is 3.28. The maximum atomic E-state index is 13.0. The minimum atomic E-state index is -3.77. The van der Waals surface area contributed by atoms with Crippen molar-refractivity contribution in [3.63, 3.8) is 0 Å². The first kappa shape index (κ1) is 20.6. The highest BCUT2D eigenvalue weighted by Gasteiger charge is 2.29. The molecule has 1 fully saturated rings. The summed E-state index contributed by atoms with van der Waals surface area (Å²) in [4.78, 5) is 12.4. The van der Waals surface area contributed by atoms with Crippen LogP contribution in [0.4, 0.5) is 5.69 Å². The van der Waals surface area contributed by atoms with Gasteiger partial charge < -0.3 is 14.8 Å². The van der Waals surface area contributed by atoms with E-state index in [1.54, 1.807) is 30.3 Å². The van der Waals surface area contributed by atoms with Gasteiger partial charge in [-0.3, -0.25) is 4.79 Å². The number of hydrogen-bond donors (Lipinski definition) is 1. The SMILES string of the molecule is COc1ccc(NC(=O)Cc2cccc(Cl)c2)cc1S(=O)(=O)N1CCOCC1. The fourth-order valence-corrected chi connectivity index (χ4v) is 4.72. The van der Waals surface area contributed by atoms with E-state index in [0.717, 1.165) is 5.56 Å². The van der Waals surface area contributed by atoms with Crippen LogP contribution in [-0.4, -0.2) is 52.0 Å². The molecule has 1 aliphatic heterocycles. The van der Waals surface area contributed by atoms with Crippen LogP contribution in [0.25, 0.3) is 0 Å². The van der Waals surface area contributed by atoms with Gasteiger partial charge in [0.1, 0.15) is 10.6 Å². The predicted octanol–water partition coefficient (Wildman–Crippen LogP) is 2.55. The van der Waals surface area contributed by atoms with Gasteiger partial charge in [0.25, 0.3) is 0 Å². The molecule has 1 aliphatic rings. The Morgan fingerprint density at radius 2 is 1.96 bits per heavy atom. The molecular formula is C19H21ClN2O5S. The zero-order chi connectivity index (χ0) is 20.1. The van der Waals surface area contributed by atoms with Crippen molar-refractivity contribution in [2.45, 2.75) is 11.3 Å². The van der Waals surface area contributed by atoms with Gasteiger partial charge in [-0.1, -0.05) is 23.7 Å². The highest BCUT2D eigenvalue weighted by molar-refractivity contribution is 7.89. The molecule has 0 saturated carbocycles. The lowest BCUT2D eigenvalue weighted by atomic mass is 10.1. The van der Waals surface area contributed by atoms with Crippen LogP contribution >= 0.6 is 11.6 Å². The second-order valence-electron chi connectivity index (χ2n) is 6.24. The lowest BCUT2D eigenvalue weighted by Gasteiger charge is -2.26. The number of hydrogen-bond acceptors (Lipinski definition) is 5. The minimum Gasteiger partial charge on any atom is -0.495 e. The molecule has 3 rings (SSSR count). The number of methoxy groups -OCH3 is 1. The van der Waals surface area contributed by atoms with Crippen molar-refractivity contribution in [1.82, 2.24) is 4.31 Å². The van der Waals surface area contributed by atoms with E-state index in [9.17, 15) is 13.2 Å². The van der Waals surface area contributed by atoms with Gasteiger partial charge in [-0.05, 0) is 35.9 Å². The third-order valence-electron chi connectivity index (χ3n) is 4.29. The van der Waals surface area contributed by atoms with Crippen molar-refractivity contribution >= 4 is 33.2 Å². The van der Waals surface area contributed by atoms with Crippen LogP contribution in [0.1, 0.15) is 5.56 Å². The van der Waals surface area contributed by atoms with Gasteiger partial charge >= 0.3 is 0 Å². The average Bonchev–Trinajstić information content (AvgIpc) is 2.68. The number of rotatable bonds is 6. The minimum absolute atomic E-state index is 0.0115. The van der Waals surface area contributed by atoms with Gasteiger partial charge in [-0.15, -0.1) is 0 Å². The standard InChI is InChI=1S/C19H21ClN2O5S/c1-26-17-6-5-16(21-19(23)12-14-3-2-4-15(20)11-14)13-18(17)28(24,25)22-7-9-27-10-8-22/h2-6,11,13H,7-10,12H2,1H3,(H,21,23).